The van der Waals surface area contributed by atoms with Crippen molar-refractivity contribution in [3.8, 4) is 5.88 Å². The molecule has 0 radical (unpaired) electrons. The van der Waals surface area contributed by atoms with Gasteiger partial charge in [-0.1, -0.05) is 13.8 Å². The van der Waals surface area contributed by atoms with Crippen LogP contribution in [0.15, 0.2) is 18.5 Å². The van der Waals surface area contributed by atoms with Gasteiger partial charge in [-0.2, -0.15) is 5.10 Å². The number of hydrogen-bond donors (Lipinski definition) is 1. The Bertz CT molecular complexity index is 684. The minimum atomic E-state index is 0.368. The summed E-state index contributed by atoms with van der Waals surface area (Å²) in [7, 11) is 3.64. The average Bonchev–Trinajstić information content (AvgIpc) is 2.96. The van der Waals surface area contributed by atoms with Crippen LogP contribution < -0.4 is 15.0 Å². The Balaban J connectivity index is 1.67. The van der Waals surface area contributed by atoms with Gasteiger partial charge in [0.2, 0.25) is 11.8 Å². The fraction of sp³-hybridized carbons (Fsp3) is 0.611. The summed E-state index contributed by atoms with van der Waals surface area (Å²) < 4.78 is 7.40. The van der Waals surface area contributed by atoms with E-state index in [1.165, 1.54) is 0 Å². The van der Waals surface area contributed by atoms with Gasteiger partial charge in [0.1, 0.15) is 0 Å². The molecule has 1 saturated heterocycles. The molecule has 136 valence electrons. The first kappa shape index (κ1) is 17.7. The van der Waals surface area contributed by atoms with E-state index in [4.69, 9.17) is 4.74 Å². The van der Waals surface area contributed by atoms with E-state index in [1.807, 2.05) is 17.8 Å². The van der Waals surface area contributed by atoms with Gasteiger partial charge in [-0.15, -0.1) is 0 Å². The molecule has 0 unspecified atom stereocenters. The maximum atomic E-state index is 5.57. The molecular formula is C18H28N6O. The van der Waals surface area contributed by atoms with Gasteiger partial charge in [0.25, 0.3) is 0 Å². The minimum absolute atomic E-state index is 0.368. The predicted octanol–water partition coefficient (Wildman–Crippen LogP) is 2.10. The molecule has 1 atom stereocenters. The van der Waals surface area contributed by atoms with Crippen LogP contribution in [0.5, 0.6) is 5.88 Å². The average molecular weight is 344 g/mol. The van der Waals surface area contributed by atoms with Crippen molar-refractivity contribution in [3.05, 3.63) is 29.7 Å². The van der Waals surface area contributed by atoms with Gasteiger partial charge < -0.3 is 15.0 Å². The van der Waals surface area contributed by atoms with E-state index < -0.39 is 0 Å². The van der Waals surface area contributed by atoms with E-state index in [0.29, 0.717) is 12.0 Å². The second kappa shape index (κ2) is 7.82. The van der Waals surface area contributed by atoms with Crippen LogP contribution in [-0.2, 0) is 13.6 Å². The van der Waals surface area contributed by atoms with Crippen molar-refractivity contribution in [2.75, 3.05) is 25.1 Å². The Morgan fingerprint density at radius 3 is 2.76 bits per heavy atom. The summed E-state index contributed by atoms with van der Waals surface area (Å²) in [6, 6.07) is 2.26. The third-order valence-corrected chi connectivity index (χ3v) is 4.68. The molecule has 3 heterocycles. The van der Waals surface area contributed by atoms with Crippen molar-refractivity contribution in [2.24, 2.45) is 7.05 Å². The number of nitrogens with one attached hydrogen (secondary N) is 1. The highest BCUT2D eigenvalue weighted by atomic mass is 16.5. The van der Waals surface area contributed by atoms with E-state index in [1.54, 1.807) is 19.5 Å². The SMILES string of the molecule is COc1c(CN[C@@H]2CCCN(c3ncccn3)C2)c(C(C)C)nn1C. The molecule has 2 aromatic rings. The number of rotatable bonds is 6. The van der Waals surface area contributed by atoms with Crippen molar-refractivity contribution in [2.45, 2.75) is 45.2 Å². The molecular weight excluding hydrogens is 316 g/mol. The number of nitrogens with zero attached hydrogens (tertiary/aromatic N) is 5. The summed E-state index contributed by atoms with van der Waals surface area (Å²) in [6.07, 6.45) is 5.89. The second-order valence-corrected chi connectivity index (χ2v) is 6.87. The number of aryl methyl sites for hydroxylation is 1. The van der Waals surface area contributed by atoms with Gasteiger partial charge in [0.15, 0.2) is 0 Å². The molecule has 1 aliphatic rings. The summed E-state index contributed by atoms with van der Waals surface area (Å²) in [5.74, 6) is 2.03. The molecule has 0 aromatic carbocycles. The van der Waals surface area contributed by atoms with Gasteiger partial charge in [0.05, 0.1) is 18.4 Å². The molecule has 25 heavy (non-hydrogen) atoms. The van der Waals surface area contributed by atoms with Gasteiger partial charge in [-0.25, -0.2) is 14.6 Å². The van der Waals surface area contributed by atoms with E-state index in [0.717, 1.165) is 55.6 Å². The van der Waals surface area contributed by atoms with Gasteiger partial charge >= 0.3 is 0 Å². The standard InChI is InChI=1S/C18H28N6O/c1-13(2)16-15(17(25-4)23(3)22-16)11-21-14-7-5-10-24(12-14)18-19-8-6-9-20-18/h6,8-9,13-14,21H,5,7,10-12H2,1-4H3/t14-/m1/s1. The van der Waals surface area contributed by atoms with E-state index in [9.17, 15) is 0 Å². The van der Waals surface area contributed by atoms with Crippen molar-refractivity contribution >= 4 is 5.95 Å². The zero-order valence-corrected chi connectivity index (χ0v) is 15.6. The Kier molecular flexibility index (Phi) is 5.53. The molecule has 0 spiro atoms. The molecule has 0 amide bonds. The predicted molar refractivity (Wildman–Crippen MR) is 98.0 cm³/mol. The number of aromatic nitrogens is 4. The summed E-state index contributed by atoms with van der Waals surface area (Å²) >= 11 is 0. The maximum absolute atomic E-state index is 5.57. The fourth-order valence-corrected chi connectivity index (χ4v) is 3.48. The van der Waals surface area contributed by atoms with Crippen molar-refractivity contribution in [3.63, 3.8) is 0 Å². The van der Waals surface area contributed by atoms with Crippen molar-refractivity contribution in [1.29, 1.82) is 0 Å². The van der Waals surface area contributed by atoms with Crippen LogP contribution in [0.3, 0.4) is 0 Å². The van der Waals surface area contributed by atoms with Crippen LogP contribution in [0.25, 0.3) is 0 Å². The molecule has 0 bridgehead atoms. The quantitative estimate of drug-likeness (QED) is 0.865. The summed E-state index contributed by atoms with van der Waals surface area (Å²) in [5.41, 5.74) is 2.26. The van der Waals surface area contributed by atoms with Crippen LogP contribution in [0.4, 0.5) is 5.95 Å². The molecule has 1 fully saturated rings. The third kappa shape index (κ3) is 3.92. The highest BCUT2D eigenvalue weighted by Gasteiger charge is 2.24. The molecule has 0 saturated carbocycles. The van der Waals surface area contributed by atoms with Gasteiger partial charge in [-0.3, -0.25) is 0 Å². The largest absolute Gasteiger partial charge is 0.481 e. The number of hydrogen-bond acceptors (Lipinski definition) is 6. The smallest absolute Gasteiger partial charge is 0.225 e. The number of ether oxygens (including phenoxy) is 1. The van der Waals surface area contributed by atoms with Crippen molar-refractivity contribution in [1.82, 2.24) is 25.1 Å². The lowest BCUT2D eigenvalue weighted by Crippen LogP contribution is -2.46. The number of methoxy groups -OCH3 is 1. The Labute approximate surface area is 149 Å². The molecule has 7 heteroatoms. The van der Waals surface area contributed by atoms with Crippen LogP contribution >= 0.6 is 0 Å². The van der Waals surface area contributed by atoms with E-state index in [2.05, 4.69) is 39.1 Å². The highest BCUT2D eigenvalue weighted by molar-refractivity contribution is 5.34. The molecule has 1 N–H and O–H groups in total. The lowest BCUT2D eigenvalue weighted by Gasteiger charge is -2.33. The van der Waals surface area contributed by atoms with Crippen molar-refractivity contribution < 1.29 is 4.74 Å². The molecule has 7 nitrogen and oxygen atoms in total. The second-order valence-electron chi connectivity index (χ2n) is 6.87. The Hall–Kier alpha value is -2.15. The van der Waals surface area contributed by atoms with Crippen LogP contribution in [0.1, 0.15) is 43.9 Å². The summed E-state index contributed by atoms with van der Waals surface area (Å²) in [6.45, 7) is 7.03. The van der Waals surface area contributed by atoms with E-state index in [-0.39, 0.29) is 0 Å². The Morgan fingerprint density at radius 2 is 2.08 bits per heavy atom. The first-order valence-electron chi connectivity index (χ1n) is 8.95. The lowest BCUT2D eigenvalue weighted by atomic mass is 10.0. The molecule has 1 aliphatic heterocycles. The van der Waals surface area contributed by atoms with E-state index >= 15 is 0 Å². The lowest BCUT2D eigenvalue weighted by molar-refractivity contribution is 0.363. The number of anilines is 1. The van der Waals surface area contributed by atoms with Gasteiger partial charge in [0, 0.05) is 45.1 Å². The fourth-order valence-electron chi connectivity index (χ4n) is 3.48. The first-order valence-corrected chi connectivity index (χ1v) is 8.95. The molecule has 0 aliphatic carbocycles. The summed E-state index contributed by atoms with van der Waals surface area (Å²) in [4.78, 5) is 11.0. The Morgan fingerprint density at radius 1 is 1.32 bits per heavy atom. The zero-order valence-electron chi connectivity index (χ0n) is 15.6. The minimum Gasteiger partial charge on any atom is -0.481 e. The zero-order chi connectivity index (χ0) is 17.8. The maximum Gasteiger partial charge on any atom is 0.225 e. The first-order chi connectivity index (χ1) is 12.1. The summed E-state index contributed by atoms with van der Waals surface area (Å²) in [5, 5.41) is 8.32. The third-order valence-electron chi connectivity index (χ3n) is 4.68. The molecule has 2 aromatic heterocycles. The van der Waals surface area contributed by atoms with Gasteiger partial charge in [-0.05, 0) is 24.8 Å². The van der Waals surface area contributed by atoms with Crippen LogP contribution in [0.2, 0.25) is 0 Å². The number of piperidine rings is 1. The van der Waals surface area contributed by atoms with Crippen LogP contribution in [0, 0.1) is 0 Å². The van der Waals surface area contributed by atoms with Crippen LogP contribution in [-0.4, -0.2) is 46.0 Å². The monoisotopic (exact) mass is 344 g/mol. The molecule has 3 rings (SSSR count). The topological polar surface area (TPSA) is 68.1 Å². The normalized spacial score (nSPS) is 18.0. The highest BCUT2D eigenvalue weighted by Crippen LogP contribution is 2.27.